The topological polar surface area (TPSA) is 0 Å². The van der Waals surface area contributed by atoms with Crippen LogP contribution in [-0.2, 0) is 18.6 Å². The van der Waals surface area contributed by atoms with Gasteiger partial charge in [0.15, 0.2) is 0 Å². The second-order valence-corrected chi connectivity index (χ2v) is 28.7. The van der Waals surface area contributed by atoms with Gasteiger partial charge in [0.2, 0.25) is 0 Å². The van der Waals surface area contributed by atoms with Gasteiger partial charge in [-0.1, -0.05) is 146 Å². The van der Waals surface area contributed by atoms with E-state index in [-0.39, 0.29) is 18.6 Å². The monoisotopic (exact) mass is 1440 g/mol. The predicted octanol–water partition coefficient (Wildman–Crippen LogP) is 6.43. The Morgan fingerprint density at radius 1 is 0.147 bits per heavy atom. The SMILES string of the molecule is [Se-]c1ccccc1[Se-].[Se-]c1ccccc1[Se-].[Se-]c1ccccc1[Se-].[V+4].c1ccc([P+](c2ccccc2)(c2ccccc2)c2ccccc2)cc1.c1ccc([P+](c2ccccc2)(c2ccccc2)c2ccccc2)cc1. The Morgan fingerprint density at radius 3 is 0.333 bits per heavy atom. The first kappa shape index (κ1) is 60.2. The van der Waals surface area contributed by atoms with Crippen LogP contribution in [0.3, 0.4) is 0 Å². The molecule has 1 radical (unpaired) electrons. The molecular formula is C66H52P2Se6V. The third-order valence-electron chi connectivity index (χ3n) is 11.7. The summed E-state index contributed by atoms with van der Waals surface area (Å²) in [5.41, 5.74) is 0. The van der Waals surface area contributed by atoms with Gasteiger partial charge < -0.3 is 0 Å². The molecule has 0 N–H and O–H groups in total. The van der Waals surface area contributed by atoms with E-state index in [0.29, 0.717) is 0 Å². The van der Waals surface area contributed by atoms with Crippen LogP contribution in [0.4, 0.5) is 0 Å². The van der Waals surface area contributed by atoms with Crippen LogP contribution in [0.1, 0.15) is 0 Å². The van der Waals surface area contributed by atoms with Crippen LogP contribution in [-0.4, -0.2) is 96.1 Å². The predicted molar refractivity (Wildman–Crippen MR) is 334 cm³/mol. The van der Waals surface area contributed by atoms with Crippen molar-refractivity contribution in [2.24, 2.45) is 0 Å². The molecule has 0 aliphatic carbocycles. The molecule has 11 rings (SSSR count). The molecule has 0 fully saturated rings. The van der Waals surface area contributed by atoms with E-state index < -0.39 is 14.5 Å². The van der Waals surface area contributed by atoms with Crippen molar-refractivity contribution in [1.29, 1.82) is 0 Å². The van der Waals surface area contributed by atoms with Crippen molar-refractivity contribution in [2.45, 2.75) is 0 Å². The van der Waals surface area contributed by atoms with Crippen LogP contribution in [0, 0.1) is 0 Å². The minimum absolute atomic E-state index is 0. The fourth-order valence-electron chi connectivity index (χ4n) is 8.35. The van der Waals surface area contributed by atoms with Crippen LogP contribution in [0.2, 0.25) is 0 Å². The molecule has 0 saturated carbocycles. The Labute approximate surface area is 508 Å². The van der Waals surface area contributed by atoms with Crippen molar-refractivity contribution in [3.63, 3.8) is 0 Å². The van der Waals surface area contributed by atoms with Gasteiger partial charge in [0.25, 0.3) is 0 Å². The van der Waals surface area contributed by atoms with Crippen molar-refractivity contribution < 1.29 is 18.6 Å². The summed E-state index contributed by atoms with van der Waals surface area (Å²) in [6, 6.07) is 112. The third kappa shape index (κ3) is 16.3. The number of rotatable bonds is 8. The van der Waals surface area contributed by atoms with E-state index in [1.165, 1.54) is 69.2 Å². The zero-order valence-electron chi connectivity index (χ0n) is 40.8. The molecule has 75 heavy (non-hydrogen) atoms. The quantitative estimate of drug-likeness (QED) is 0.122. The Morgan fingerprint density at radius 2 is 0.240 bits per heavy atom. The number of benzene rings is 11. The molecule has 0 nitrogen and oxygen atoms in total. The van der Waals surface area contributed by atoms with Crippen molar-refractivity contribution in [2.75, 3.05) is 0 Å². The molecule has 0 spiro atoms. The van der Waals surface area contributed by atoms with Crippen molar-refractivity contribution in [3.05, 3.63) is 315 Å². The van der Waals surface area contributed by atoms with Gasteiger partial charge in [-0.25, -0.2) is 0 Å². The fourth-order valence-corrected chi connectivity index (χ4v) is 18.7. The van der Waals surface area contributed by atoms with Gasteiger partial charge in [-0.05, 0) is 97.1 Å². The van der Waals surface area contributed by atoms with E-state index in [2.05, 4.69) is 339 Å². The minimum Gasteiger partial charge on any atom is -0.0620 e. The summed E-state index contributed by atoms with van der Waals surface area (Å²) < 4.78 is 7.12. The van der Waals surface area contributed by atoms with Gasteiger partial charge >= 0.3 is 214 Å². The standard InChI is InChI=1S/2C24H20P.3C6H6Se2.V/c2*1-5-13-21(14-6-1)25(22-15-7-2-8-16-22,23-17-9-3-10-18-23)24-19-11-4-12-20-24;3*7-5-3-1-2-4-6(5)8;/h2*1-20H;3*1-4,7-8H;/q2*+1;;;;+4/p-6. The maximum atomic E-state index is 2.94. The summed E-state index contributed by atoms with van der Waals surface area (Å²) in [6.07, 6.45) is 0. The van der Waals surface area contributed by atoms with Crippen LogP contribution in [0.5, 0.6) is 0 Å². The smallest absolute Gasteiger partial charge is 0.0620 e. The first-order chi connectivity index (χ1) is 36.3. The van der Waals surface area contributed by atoms with E-state index in [9.17, 15) is 0 Å². The molecule has 0 aliphatic heterocycles. The number of hydrogen-bond donors (Lipinski definition) is 0. The average Bonchev–Trinajstić information content (AvgIpc) is 3.47. The Hall–Kier alpha value is -4.02. The molecule has 0 saturated heterocycles. The summed E-state index contributed by atoms with van der Waals surface area (Å²) in [5.74, 6) is 0. The zero-order chi connectivity index (χ0) is 51.9. The third-order valence-corrected chi connectivity index (χ3v) is 26.7. The molecular weight excluding hydrogens is 1380 g/mol. The van der Waals surface area contributed by atoms with Crippen LogP contribution in [0.25, 0.3) is 0 Å². The number of hydrogen-bond acceptors (Lipinski definition) is 0. The maximum Gasteiger partial charge on any atom is 4.00 e. The van der Waals surface area contributed by atoms with E-state index in [1.807, 2.05) is 72.8 Å². The molecule has 9 heteroatoms. The Bertz CT molecular complexity index is 2670. The van der Waals surface area contributed by atoms with Gasteiger partial charge in [0, 0.05) is 0 Å². The van der Waals surface area contributed by atoms with Crippen molar-refractivity contribution in [3.8, 4) is 0 Å². The summed E-state index contributed by atoms with van der Waals surface area (Å²) in [6.45, 7) is 0. The molecule has 0 heterocycles. The second-order valence-electron chi connectivity index (χ2n) is 16.4. The summed E-state index contributed by atoms with van der Waals surface area (Å²) in [4.78, 5) is 0. The fraction of sp³-hybridized carbons (Fsp3) is 0. The van der Waals surface area contributed by atoms with E-state index in [1.54, 1.807) is 0 Å². The molecule has 0 aromatic heterocycles. The van der Waals surface area contributed by atoms with Gasteiger partial charge in [-0.2, -0.15) is 0 Å². The van der Waals surface area contributed by atoms with Crippen LogP contribution >= 0.6 is 14.5 Å². The van der Waals surface area contributed by atoms with E-state index >= 15 is 0 Å². The molecule has 367 valence electrons. The van der Waals surface area contributed by atoms with Gasteiger partial charge in [0.05, 0.1) is 0 Å². The first-order valence-electron chi connectivity index (χ1n) is 23.8. The van der Waals surface area contributed by atoms with Crippen LogP contribution in [0.15, 0.2) is 315 Å². The Balaban J connectivity index is 0.000000169. The normalized spacial score (nSPS) is 10.3. The first-order valence-corrected chi connectivity index (χ1v) is 32.5. The molecule has 0 aliphatic rings. The largest absolute Gasteiger partial charge is 4.00 e. The molecule has 0 unspecified atom stereocenters. The summed E-state index contributed by atoms with van der Waals surface area (Å²) >= 11 is 17.6. The molecule has 0 atom stereocenters. The summed E-state index contributed by atoms with van der Waals surface area (Å²) in [7, 11) is -3.81. The maximum absolute atomic E-state index is 2.94. The van der Waals surface area contributed by atoms with Gasteiger partial charge in [-0.3, -0.25) is 0 Å². The molecule has 11 aromatic rings. The molecule has 11 aromatic carbocycles. The van der Waals surface area contributed by atoms with E-state index in [4.69, 9.17) is 0 Å². The minimum atomic E-state index is -1.91. The molecule has 0 bridgehead atoms. The van der Waals surface area contributed by atoms with Gasteiger partial charge in [0.1, 0.15) is 57.0 Å². The summed E-state index contributed by atoms with van der Waals surface area (Å²) in [5, 5.41) is 11.1. The van der Waals surface area contributed by atoms with Crippen LogP contribution < -0.4 is 69.2 Å². The zero-order valence-corrected chi connectivity index (χ0v) is 54.3. The van der Waals surface area contributed by atoms with Gasteiger partial charge in [-0.15, -0.1) is 0 Å². The molecule has 0 amide bonds. The second kappa shape index (κ2) is 32.0. The van der Waals surface area contributed by atoms with Crippen molar-refractivity contribution in [1.82, 2.24) is 0 Å². The Kier molecular flexibility index (Phi) is 25.7. The van der Waals surface area contributed by atoms with Crippen molar-refractivity contribution >= 4 is 180 Å². The average molecular weight is 1430 g/mol. The van der Waals surface area contributed by atoms with E-state index in [0.717, 1.165) is 0 Å².